The van der Waals surface area contributed by atoms with E-state index in [9.17, 15) is 18.0 Å². The Kier molecular flexibility index (Phi) is 7.28. The molecule has 0 spiro atoms. The minimum atomic E-state index is -3.24. The maximum atomic E-state index is 12.6. The molecule has 7 nitrogen and oxygen atoms in total. The van der Waals surface area contributed by atoms with Crippen molar-refractivity contribution in [2.75, 3.05) is 24.7 Å². The van der Waals surface area contributed by atoms with Crippen molar-refractivity contribution in [2.24, 2.45) is 0 Å². The van der Waals surface area contributed by atoms with Gasteiger partial charge in [-0.1, -0.05) is 37.3 Å². The van der Waals surface area contributed by atoms with Crippen molar-refractivity contribution in [1.82, 2.24) is 9.29 Å². The van der Waals surface area contributed by atoms with Crippen LogP contribution < -0.4 is 5.32 Å². The van der Waals surface area contributed by atoms with Gasteiger partial charge in [0.15, 0.2) is 6.29 Å². The van der Waals surface area contributed by atoms with Crippen LogP contribution in [0.4, 0.5) is 5.69 Å². The smallest absolute Gasteiger partial charge is 0.250 e. The number of anilines is 1. The molecule has 2 N–H and O–H groups in total. The lowest BCUT2D eigenvalue weighted by atomic mass is 9.94. The predicted octanol–water partition coefficient (Wildman–Crippen LogP) is 5.30. The number of sulfonamides is 1. The Morgan fingerprint density at radius 3 is 2.61 bits per heavy atom. The van der Waals surface area contributed by atoms with Crippen molar-refractivity contribution >= 4 is 44.4 Å². The standard InChI is InChI=1S/C28H31N3O4S/c1-5-7-18(2)28(33)30-25-9-6-8-22(19(25)3)23-11-10-21(17-32)27-24(23)16-26(29-27)20-12-14-31(15-13-20)36(4,34)35/h6-12,16-17,29H,5,13-15H2,1-4H3,(H,30,33)/b18-7+. The summed E-state index contributed by atoms with van der Waals surface area (Å²) in [5.41, 5.74) is 7.42. The molecule has 0 fully saturated rings. The van der Waals surface area contributed by atoms with Crippen molar-refractivity contribution < 1.29 is 18.0 Å². The van der Waals surface area contributed by atoms with Crippen LogP contribution in [0.15, 0.2) is 54.1 Å². The van der Waals surface area contributed by atoms with Gasteiger partial charge in [0.2, 0.25) is 10.0 Å². The molecule has 36 heavy (non-hydrogen) atoms. The summed E-state index contributed by atoms with van der Waals surface area (Å²) in [6.45, 7) is 6.51. The molecule has 188 valence electrons. The highest BCUT2D eigenvalue weighted by Crippen LogP contribution is 2.37. The van der Waals surface area contributed by atoms with Gasteiger partial charge in [0.1, 0.15) is 0 Å². The predicted molar refractivity (Wildman–Crippen MR) is 146 cm³/mol. The average molecular weight is 506 g/mol. The van der Waals surface area contributed by atoms with E-state index in [1.54, 1.807) is 13.0 Å². The summed E-state index contributed by atoms with van der Waals surface area (Å²) < 4.78 is 25.2. The molecular formula is C28H31N3O4S. The summed E-state index contributed by atoms with van der Waals surface area (Å²) in [6, 6.07) is 11.6. The van der Waals surface area contributed by atoms with Crippen LogP contribution in [0.25, 0.3) is 27.6 Å². The number of nitrogens with zero attached hydrogens (tertiary/aromatic N) is 1. The Bertz CT molecular complexity index is 1510. The average Bonchev–Trinajstić information content (AvgIpc) is 3.30. The maximum absolute atomic E-state index is 12.6. The first kappa shape index (κ1) is 25.6. The minimum Gasteiger partial charge on any atom is -0.354 e. The van der Waals surface area contributed by atoms with Gasteiger partial charge in [0, 0.05) is 41.0 Å². The fourth-order valence-electron chi connectivity index (χ4n) is 4.63. The van der Waals surface area contributed by atoms with Crippen LogP contribution in [0.3, 0.4) is 0 Å². The number of hydrogen-bond acceptors (Lipinski definition) is 4. The van der Waals surface area contributed by atoms with Crippen LogP contribution in [-0.4, -0.2) is 49.2 Å². The molecule has 2 heterocycles. The number of H-pyrrole nitrogens is 1. The molecular weight excluding hydrogens is 474 g/mol. The molecule has 0 atom stereocenters. The van der Waals surface area contributed by atoms with Gasteiger partial charge in [0.05, 0.1) is 11.8 Å². The second kappa shape index (κ2) is 10.2. The number of allylic oxidation sites excluding steroid dienone is 1. The number of nitrogens with one attached hydrogen (secondary N) is 2. The van der Waals surface area contributed by atoms with Crippen molar-refractivity contribution in [2.45, 2.75) is 33.6 Å². The highest BCUT2D eigenvalue weighted by molar-refractivity contribution is 7.88. The molecule has 3 aromatic rings. The van der Waals surface area contributed by atoms with Crippen LogP contribution in [0.5, 0.6) is 0 Å². The van der Waals surface area contributed by atoms with E-state index in [1.165, 1.54) is 10.6 Å². The van der Waals surface area contributed by atoms with Gasteiger partial charge in [-0.05, 0) is 67.2 Å². The van der Waals surface area contributed by atoms with E-state index in [2.05, 4.69) is 10.3 Å². The number of carbonyl (C=O) groups is 2. The number of aromatic nitrogens is 1. The number of aldehydes is 1. The fourth-order valence-corrected chi connectivity index (χ4v) is 5.39. The van der Waals surface area contributed by atoms with E-state index in [-0.39, 0.29) is 5.91 Å². The molecule has 4 rings (SSSR count). The van der Waals surface area contributed by atoms with E-state index >= 15 is 0 Å². The van der Waals surface area contributed by atoms with Gasteiger partial charge in [-0.2, -0.15) is 4.31 Å². The Hall–Kier alpha value is -3.49. The summed E-state index contributed by atoms with van der Waals surface area (Å²) in [5, 5.41) is 3.91. The Morgan fingerprint density at radius 1 is 1.19 bits per heavy atom. The Balaban J connectivity index is 1.77. The lowest BCUT2D eigenvalue weighted by Gasteiger charge is -2.23. The molecule has 2 aromatic carbocycles. The van der Waals surface area contributed by atoms with Gasteiger partial charge >= 0.3 is 0 Å². The number of rotatable bonds is 7. The summed E-state index contributed by atoms with van der Waals surface area (Å²) in [7, 11) is -3.24. The van der Waals surface area contributed by atoms with Crippen molar-refractivity contribution in [3.05, 3.63) is 70.9 Å². The zero-order valence-electron chi connectivity index (χ0n) is 21.0. The molecule has 8 heteroatoms. The lowest BCUT2D eigenvalue weighted by molar-refractivity contribution is -0.112. The van der Waals surface area contributed by atoms with E-state index in [0.717, 1.165) is 57.3 Å². The van der Waals surface area contributed by atoms with Crippen LogP contribution in [-0.2, 0) is 14.8 Å². The number of carbonyl (C=O) groups excluding carboxylic acids is 2. The molecule has 0 bridgehead atoms. The highest BCUT2D eigenvalue weighted by atomic mass is 32.2. The minimum absolute atomic E-state index is 0.130. The normalized spacial score (nSPS) is 15.1. The van der Waals surface area contributed by atoms with Crippen LogP contribution in [0.1, 0.15) is 48.3 Å². The van der Waals surface area contributed by atoms with Crippen LogP contribution in [0, 0.1) is 6.92 Å². The first-order chi connectivity index (χ1) is 17.1. The molecule has 0 aliphatic carbocycles. The maximum Gasteiger partial charge on any atom is 0.250 e. The summed E-state index contributed by atoms with van der Waals surface area (Å²) in [4.78, 5) is 27.8. The number of fused-ring (bicyclic) bond motifs is 1. The third-order valence-corrected chi connectivity index (χ3v) is 7.95. The van der Waals surface area contributed by atoms with Crippen LogP contribution in [0.2, 0.25) is 0 Å². The number of amides is 1. The Morgan fingerprint density at radius 2 is 1.97 bits per heavy atom. The lowest BCUT2D eigenvalue weighted by Crippen LogP contribution is -2.33. The fraction of sp³-hybridized carbons (Fsp3) is 0.286. The zero-order valence-corrected chi connectivity index (χ0v) is 21.8. The Labute approximate surface area is 211 Å². The second-order valence-corrected chi connectivity index (χ2v) is 11.1. The summed E-state index contributed by atoms with van der Waals surface area (Å²) in [6.07, 6.45) is 7.24. The zero-order chi connectivity index (χ0) is 26.0. The first-order valence-corrected chi connectivity index (χ1v) is 13.8. The molecule has 1 aromatic heterocycles. The van der Waals surface area contributed by atoms with E-state index in [4.69, 9.17) is 0 Å². The molecule has 0 radical (unpaired) electrons. The number of hydrogen-bond donors (Lipinski definition) is 2. The topological polar surface area (TPSA) is 99.3 Å². The van der Waals surface area contributed by atoms with Gasteiger partial charge < -0.3 is 10.3 Å². The van der Waals surface area contributed by atoms with E-state index < -0.39 is 10.0 Å². The molecule has 0 saturated heterocycles. The van der Waals surface area contributed by atoms with Gasteiger partial charge in [0.25, 0.3) is 5.91 Å². The second-order valence-electron chi connectivity index (χ2n) is 9.12. The summed E-state index contributed by atoms with van der Waals surface area (Å²) >= 11 is 0. The molecule has 0 saturated carbocycles. The van der Waals surface area contributed by atoms with Gasteiger partial charge in [-0.3, -0.25) is 9.59 Å². The van der Waals surface area contributed by atoms with E-state index in [0.29, 0.717) is 30.6 Å². The quantitative estimate of drug-likeness (QED) is 0.336. The van der Waals surface area contributed by atoms with Crippen molar-refractivity contribution in [3.8, 4) is 11.1 Å². The van der Waals surface area contributed by atoms with E-state index in [1.807, 2.05) is 56.3 Å². The third kappa shape index (κ3) is 5.05. The van der Waals surface area contributed by atoms with Crippen molar-refractivity contribution in [3.63, 3.8) is 0 Å². The number of benzene rings is 2. The van der Waals surface area contributed by atoms with Crippen molar-refractivity contribution in [1.29, 1.82) is 0 Å². The third-order valence-electron chi connectivity index (χ3n) is 6.68. The monoisotopic (exact) mass is 505 g/mol. The molecule has 1 aliphatic rings. The molecule has 1 aliphatic heterocycles. The van der Waals surface area contributed by atoms with Gasteiger partial charge in [-0.15, -0.1) is 0 Å². The number of aromatic amines is 1. The summed E-state index contributed by atoms with van der Waals surface area (Å²) in [5.74, 6) is -0.130. The largest absolute Gasteiger partial charge is 0.354 e. The first-order valence-electron chi connectivity index (χ1n) is 12.0. The molecule has 0 unspecified atom stereocenters. The SMILES string of the molecule is CC/C=C(\C)C(=O)Nc1cccc(-c2ccc(C=O)c3[nH]c(C4=CCN(S(C)(=O)=O)CC4)cc23)c1C. The molecule has 1 amide bonds. The van der Waals surface area contributed by atoms with Gasteiger partial charge in [-0.25, -0.2) is 8.42 Å². The highest BCUT2D eigenvalue weighted by Gasteiger charge is 2.22. The van der Waals surface area contributed by atoms with Crippen LogP contribution >= 0.6 is 0 Å².